The zero-order chi connectivity index (χ0) is 17.9. The summed E-state index contributed by atoms with van der Waals surface area (Å²) in [6.45, 7) is 1.44. The molecule has 2 aliphatic rings. The molecular weight excluding hydrogens is 350 g/mol. The van der Waals surface area contributed by atoms with Crippen molar-refractivity contribution in [1.82, 2.24) is 14.5 Å². The van der Waals surface area contributed by atoms with E-state index in [0.29, 0.717) is 17.4 Å². The highest BCUT2D eigenvalue weighted by Crippen LogP contribution is 2.24. The minimum atomic E-state index is -0.165. The van der Waals surface area contributed by atoms with Crippen LogP contribution in [0.4, 0.5) is 0 Å². The standard InChI is InChI=1S/C19H23N3O3S/c23-18(11-21-13-20-17-6-2-1-5-16(17)19(21)24)22(14-7-9-26-12-14)10-15-4-3-8-25-15/h1-2,5-6,13-15H,3-4,7-12H2/t14-,15-/m0/s1. The van der Waals surface area contributed by atoms with Crippen molar-refractivity contribution in [2.75, 3.05) is 24.7 Å². The maximum absolute atomic E-state index is 13.0. The summed E-state index contributed by atoms with van der Waals surface area (Å²) >= 11 is 1.88. The molecule has 0 radical (unpaired) electrons. The zero-order valence-corrected chi connectivity index (χ0v) is 15.5. The summed E-state index contributed by atoms with van der Waals surface area (Å²) in [5.41, 5.74) is 0.492. The molecule has 1 aromatic heterocycles. The number of nitrogens with zero attached hydrogens (tertiary/aromatic N) is 3. The molecular formula is C19H23N3O3S. The number of para-hydroxylation sites is 1. The smallest absolute Gasteiger partial charge is 0.261 e. The molecule has 2 aromatic rings. The fourth-order valence-electron chi connectivity index (χ4n) is 3.69. The number of amides is 1. The van der Waals surface area contributed by atoms with Crippen molar-refractivity contribution >= 4 is 28.6 Å². The van der Waals surface area contributed by atoms with E-state index in [2.05, 4.69) is 4.98 Å². The molecule has 0 unspecified atom stereocenters. The van der Waals surface area contributed by atoms with Crippen LogP contribution >= 0.6 is 11.8 Å². The Labute approximate surface area is 156 Å². The highest BCUT2D eigenvalue weighted by atomic mass is 32.2. The lowest BCUT2D eigenvalue weighted by atomic mass is 10.1. The minimum absolute atomic E-state index is 0.0211. The SMILES string of the molecule is O=C(Cn1cnc2ccccc2c1=O)N(C[C@@H]1CCCO1)[C@H]1CCSC1. The molecule has 0 aliphatic carbocycles. The lowest BCUT2D eigenvalue weighted by Crippen LogP contribution is -2.46. The quantitative estimate of drug-likeness (QED) is 0.801. The Morgan fingerprint density at radius 2 is 2.23 bits per heavy atom. The van der Waals surface area contributed by atoms with Gasteiger partial charge in [0, 0.05) is 24.9 Å². The number of aromatic nitrogens is 2. The summed E-state index contributed by atoms with van der Waals surface area (Å²) in [5.74, 6) is 2.02. The predicted octanol–water partition coefficient (Wildman–Crippen LogP) is 1.91. The molecule has 0 N–H and O–H groups in total. The van der Waals surface area contributed by atoms with Gasteiger partial charge in [0.25, 0.3) is 5.56 Å². The second-order valence-corrected chi connectivity index (χ2v) is 8.04. The van der Waals surface area contributed by atoms with Gasteiger partial charge in [-0.15, -0.1) is 0 Å². The maximum atomic E-state index is 13.0. The molecule has 2 aliphatic heterocycles. The first-order chi connectivity index (χ1) is 12.7. The van der Waals surface area contributed by atoms with Crippen molar-refractivity contribution in [2.45, 2.75) is 38.0 Å². The molecule has 0 bridgehead atoms. The van der Waals surface area contributed by atoms with Crippen molar-refractivity contribution in [3.8, 4) is 0 Å². The number of rotatable bonds is 5. The average molecular weight is 373 g/mol. The molecule has 4 rings (SSSR count). The van der Waals surface area contributed by atoms with Crippen LogP contribution in [0.2, 0.25) is 0 Å². The molecule has 1 amide bonds. The van der Waals surface area contributed by atoms with Crippen LogP contribution in [0.1, 0.15) is 19.3 Å². The van der Waals surface area contributed by atoms with Gasteiger partial charge in [0.15, 0.2) is 0 Å². The Kier molecular flexibility index (Phi) is 5.26. The van der Waals surface area contributed by atoms with Crippen LogP contribution in [-0.4, -0.2) is 57.2 Å². The monoisotopic (exact) mass is 373 g/mol. The summed E-state index contributed by atoms with van der Waals surface area (Å²) in [7, 11) is 0. The third kappa shape index (κ3) is 3.64. The van der Waals surface area contributed by atoms with Gasteiger partial charge in [-0.2, -0.15) is 11.8 Å². The van der Waals surface area contributed by atoms with Gasteiger partial charge >= 0.3 is 0 Å². The van der Waals surface area contributed by atoms with E-state index in [1.165, 1.54) is 10.9 Å². The molecule has 1 aromatic carbocycles. The lowest BCUT2D eigenvalue weighted by molar-refractivity contribution is -0.135. The Morgan fingerprint density at radius 3 is 3.00 bits per heavy atom. The summed E-state index contributed by atoms with van der Waals surface area (Å²) in [6.07, 6.45) is 4.67. The van der Waals surface area contributed by atoms with Crippen molar-refractivity contribution in [3.63, 3.8) is 0 Å². The number of carbonyl (C=O) groups excluding carboxylic acids is 1. The Balaban J connectivity index is 1.55. The molecule has 2 fully saturated rings. The first-order valence-electron chi connectivity index (χ1n) is 9.15. The largest absolute Gasteiger partial charge is 0.376 e. The highest BCUT2D eigenvalue weighted by Gasteiger charge is 2.30. The number of carbonyl (C=O) groups is 1. The zero-order valence-electron chi connectivity index (χ0n) is 14.7. The number of fused-ring (bicyclic) bond motifs is 1. The van der Waals surface area contributed by atoms with Gasteiger partial charge in [0.2, 0.25) is 5.91 Å². The van der Waals surface area contributed by atoms with Crippen molar-refractivity contribution in [2.24, 2.45) is 0 Å². The molecule has 3 heterocycles. The maximum Gasteiger partial charge on any atom is 0.261 e. The van der Waals surface area contributed by atoms with Crippen LogP contribution in [-0.2, 0) is 16.1 Å². The van der Waals surface area contributed by atoms with E-state index in [-0.39, 0.29) is 30.2 Å². The van der Waals surface area contributed by atoms with Gasteiger partial charge in [-0.05, 0) is 37.1 Å². The summed E-state index contributed by atoms with van der Waals surface area (Å²) in [5, 5.41) is 0.546. The van der Waals surface area contributed by atoms with Gasteiger partial charge in [-0.1, -0.05) is 12.1 Å². The molecule has 6 nitrogen and oxygen atoms in total. The van der Waals surface area contributed by atoms with Crippen molar-refractivity contribution < 1.29 is 9.53 Å². The van der Waals surface area contributed by atoms with Crippen molar-refractivity contribution in [1.29, 1.82) is 0 Å². The molecule has 0 saturated carbocycles. The van der Waals surface area contributed by atoms with Gasteiger partial charge in [0.05, 0.1) is 23.3 Å². The predicted molar refractivity (Wildman–Crippen MR) is 102 cm³/mol. The Bertz CT molecular complexity index is 841. The molecule has 7 heteroatoms. The van der Waals surface area contributed by atoms with Crippen LogP contribution in [0.15, 0.2) is 35.4 Å². The van der Waals surface area contributed by atoms with E-state index in [1.807, 2.05) is 34.9 Å². The summed E-state index contributed by atoms with van der Waals surface area (Å²) < 4.78 is 7.17. The van der Waals surface area contributed by atoms with E-state index in [0.717, 1.165) is 37.4 Å². The first-order valence-corrected chi connectivity index (χ1v) is 10.3. The second-order valence-electron chi connectivity index (χ2n) is 6.89. The molecule has 0 spiro atoms. The number of benzene rings is 1. The van der Waals surface area contributed by atoms with Gasteiger partial charge in [0.1, 0.15) is 6.54 Å². The Morgan fingerprint density at radius 1 is 1.35 bits per heavy atom. The van der Waals surface area contributed by atoms with Gasteiger partial charge in [-0.25, -0.2) is 4.98 Å². The van der Waals surface area contributed by atoms with Crippen molar-refractivity contribution in [3.05, 3.63) is 40.9 Å². The van der Waals surface area contributed by atoms with Crippen LogP contribution < -0.4 is 5.56 Å². The van der Waals surface area contributed by atoms with E-state index in [9.17, 15) is 9.59 Å². The third-order valence-electron chi connectivity index (χ3n) is 5.13. The van der Waals surface area contributed by atoms with Crippen LogP contribution in [0.3, 0.4) is 0 Å². The van der Waals surface area contributed by atoms with Crippen LogP contribution in [0, 0.1) is 0 Å². The highest BCUT2D eigenvalue weighted by molar-refractivity contribution is 7.99. The minimum Gasteiger partial charge on any atom is -0.376 e. The third-order valence-corrected chi connectivity index (χ3v) is 6.27. The van der Waals surface area contributed by atoms with E-state index in [4.69, 9.17) is 4.74 Å². The van der Waals surface area contributed by atoms with Crippen LogP contribution in [0.25, 0.3) is 10.9 Å². The fourth-order valence-corrected chi connectivity index (χ4v) is 4.91. The van der Waals surface area contributed by atoms with Crippen LogP contribution in [0.5, 0.6) is 0 Å². The van der Waals surface area contributed by atoms with E-state index in [1.54, 1.807) is 6.07 Å². The molecule has 2 saturated heterocycles. The molecule has 2 atom stereocenters. The lowest BCUT2D eigenvalue weighted by Gasteiger charge is -2.31. The van der Waals surface area contributed by atoms with E-state index >= 15 is 0 Å². The summed E-state index contributed by atoms with van der Waals surface area (Å²) in [4.78, 5) is 32.0. The second kappa shape index (κ2) is 7.80. The average Bonchev–Trinajstić information content (AvgIpc) is 3.36. The van der Waals surface area contributed by atoms with E-state index < -0.39 is 0 Å². The van der Waals surface area contributed by atoms with Gasteiger partial charge in [-0.3, -0.25) is 14.2 Å². The topological polar surface area (TPSA) is 64.4 Å². The first kappa shape index (κ1) is 17.5. The Hall–Kier alpha value is -1.86. The normalized spacial score (nSPS) is 22.8. The number of ether oxygens (including phenoxy) is 1. The molecule has 138 valence electrons. The fraction of sp³-hybridized carbons (Fsp3) is 0.526. The number of hydrogen-bond donors (Lipinski definition) is 0. The molecule has 26 heavy (non-hydrogen) atoms. The summed E-state index contributed by atoms with van der Waals surface area (Å²) in [6, 6.07) is 7.47. The number of thioether (sulfide) groups is 1. The number of hydrogen-bond acceptors (Lipinski definition) is 5. The van der Waals surface area contributed by atoms with Gasteiger partial charge < -0.3 is 9.64 Å².